The molecule has 0 aliphatic carbocycles. The number of pyridine rings is 3. The van der Waals surface area contributed by atoms with Gasteiger partial charge in [-0.15, -0.1) is 0 Å². The fourth-order valence-corrected chi connectivity index (χ4v) is 10.0. The molecule has 7 heteroatoms. The van der Waals surface area contributed by atoms with E-state index in [-0.39, 0.29) is 25.9 Å². The fraction of sp³-hybridized carbons (Fsp3) is 0.250. The number of benzene rings is 5. The number of para-hydroxylation sites is 1. The maximum Gasteiger partial charge on any atom is 0.144 e. The van der Waals surface area contributed by atoms with Crippen molar-refractivity contribution in [2.45, 2.75) is 80.4 Å². The summed E-state index contributed by atoms with van der Waals surface area (Å²) in [6, 6.07) is 50.5. The first kappa shape index (κ1) is 50.6. The van der Waals surface area contributed by atoms with Gasteiger partial charge in [0, 0.05) is 66.2 Å². The third-order valence-corrected chi connectivity index (χ3v) is 13.5. The minimum atomic E-state index is -1.33. The molecule has 4 aromatic heterocycles. The standard InChI is InChI=1S/C27H22FNO.C18H25NSi.C15H17N.Ir/c1-17(2)14-18-12-13-29-25(15-18)24-5-3-4-23-22-11-8-20(16-26(22)30-27(23)24)19-6-9-21(28)10-7-19;1-14(2)11-16-12-17(15-9-7-6-8-10-15)19-13-18(16)20(3,4)5;1-12(2)10-13-8-9-16-15(11-13)14-6-4-3-5-7-14;/h3-13,15-17H,14H2,1-2H3;6-10,12-14H,11H2,1-5H3;3-9,11-12H,10H2,1-2H3;. The molecule has 0 saturated heterocycles. The fourth-order valence-electron chi connectivity index (χ4n) is 8.43. The Labute approximate surface area is 412 Å². The molecule has 67 heavy (non-hydrogen) atoms. The number of hydrogen-bond donors (Lipinski definition) is 0. The zero-order valence-corrected chi connectivity index (χ0v) is 43.9. The second-order valence-electron chi connectivity index (χ2n) is 19.6. The first-order valence-corrected chi connectivity index (χ1v) is 26.9. The summed E-state index contributed by atoms with van der Waals surface area (Å²) in [7, 11) is -1.33. The molecule has 0 amide bonds. The van der Waals surface area contributed by atoms with Crippen molar-refractivity contribution in [1.29, 1.82) is 0 Å². The van der Waals surface area contributed by atoms with Gasteiger partial charge in [-0.2, -0.15) is 0 Å². The number of rotatable bonds is 11. The molecule has 0 spiro atoms. The Hall–Kier alpha value is -5.85. The van der Waals surface area contributed by atoms with Gasteiger partial charge in [0.1, 0.15) is 17.0 Å². The van der Waals surface area contributed by atoms with E-state index in [9.17, 15) is 4.39 Å². The molecule has 0 atom stereocenters. The molecule has 1 radical (unpaired) electrons. The van der Waals surface area contributed by atoms with E-state index in [2.05, 4.69) is 180 Å². The van der Waals surface area contributed by atoms with Crippen molar-refractivity contribution in [3.8, 4) is 44.9 Å². The van der Waals surface area contributed by atoms with E-state index in [1.165, 1.54) is 45.1 Å². The van der Waals surface area contributed by atoms with Crippen LogP contribution in [0.3, 0.4) is 0 Å². The van der Waals surface area contributed by atoms with E-state index < -0.39 is 8.07 Å². The van der Waals surface area contributed by atoms with E-state index in [0.29, 0.717) is 17.8 Å². The topological polar surface area (TPSA) is 51.8 Å². The van der Waals surface area contributed by atoms with Crippen molar-refractivity contribution in [3.63, 3.8) is 0 Å². The largest absolute Gasteiger partial charge is 0.455 e. The van der Waals surface area contributed by atoms with Crippen molar-refractivity contribution in [2.75, 3.05) is 0 Å². The van der Waals surface area contributed by atoms with Crippen molar-refractivity contribution in [3.05, 3.63) is 193 Å². The number of aromatic nitrogens is 3. The van der Waals surface area contributed by atoms with Gasteiger partial charge in [-0.1, -0.05) is 152 Å². The van der Waals surface area contributed by atoms with E-state index in [1.807, 2.05) is 36.7 Å². The van der Waals surface area contributed by atoms with Crippen LogP contribution in [0.25, 0.3) is 66.8 Å². The predicted molar refractivity (Wildman–Crippen MR) is 280 cm³/mol. The Balaban J connectivity index is 0.000000175. The first-order chi connectivity index (χ1) is 31.7. The summed E-state index contributed by atoms with van der Waals surface area (Å²) in [6.07, 6.45) is 9.18. The molecule has 0 aliphatic rings. The first-order valence-electron chi connectivity index (χ1n) is 23.4. The number of halogens is 1. The molecule has 0 saturated carbocycles. The van der Waals surface area contributed by atoms with Crippen molar-refractivity contribution >= 4 is 35.2 Å². The smallest absolute Gasteiger partial charge is 0.144 e. The average Bonchev–Trinajstić information content (AvgIpc) is 3.68. The SMILES string of the molecule is CC(C)Cc1cc(-c2ccccc2)ncc1[Si](C)(C)C.CC(C)Cc1ccnc(-c2cccc3c2oc2cc(-c4ccc(F)cc4)ccc23)c1.CC(C)Cc1ccnc(-c2ccccc2)c1.[Ir]. The molecule has 345 valence electrons. The normalized spacial score (nSPS) is 11.3. The number of furan rings is 1. The summed E-state index contributed by atoms with van der Waals surface area (Å²) in [5, 5.41) is 3.64. The molecule has 0 aliphatic heterocycles. The van der Waals surface area contributed by atoms with Crippen LogP contribution >= 0.6 is 0 Å². The van der Waals surface area contributed by atoms with Gasteiger partial charge in [0.15, 0.2) is 0 Å². The van der Waals surface area contributed by atoms with Crippen LogP contribution in [-0.2, 0) is 39.4 Å². The molecule has 4 heterocycles. The van der Waals surface area contributed by atoms with Crippen LogP contribution in [0.4, 0.5) is 4.39 Å². The molecule has 9 aromatic rings. The molecule has 5 aromatic carbocycles. The van der Waals surface area contributed by atoms with Crippen molar-refractivity contribution in [2.24, 2.45) is 17.8 Å². The molecule has 0 N–H and O–H groups in total. The molecular formula is C60H64FIrN3OSi. The molecule has 9 rings (SSSR count). The number of hydrogen-bond acceptors (Lipinski definition) is 4. The van der Waals surface area contributed by atoms with Crippen LogP contribution in [0.5, 0.6) is 0 Å². The van der Waals surface area contributed by atoms with Crippen LogP contribution in [0.1, 0.15) is 58.2 Å². The Morgan fingerprint density at radius 1 is 0.493 bits per heavy atom. The minimum absolute atomic E-state index is 0. The van der Waals surface area contributed by atoms with Crippen LogP contribution < -0.4 is 5.19 Å². The van der Waals surface area contributed by atoms with Gasteiger partial charge in [0.25, 0.3) is 0 Å². The second-order valence-corrected chi connectivity index (χ2v) is 24.6. The maximum absolute atomic E-state index is 13.3. The molecule has 4 nitrogen and oxygen atoms in total. The third kappa shape index (κ3) is 13.6. The summed E-state index contributed by atoms with van der Waals surface area (Å²) in [4.78, 5) is 13.8. The van der Waals surface area contributed by atoms with Gasteiger partial charge in [-0.3, -0.25) is 15.0 Å². The molecule has 0 fully saturated rings. The van der Waals surface area contributed by atoms with Gasteiger partial charge in [-0.05, 0) is 131 Å². The minimum Gasteiger partial charge on any atom is -0.455 e. The average molecular weight is 1080 g/mol. The van der Waals surface area contributed by atoms with Gasteiger partial charge in [0.2, 0.25) is 0 Å². The second kappa shape index (κ2) is 23.2. The quantitative estimate of drug-likeness (QED) is 0.121. The maximum atomic E-state index is 13.3. The van der Waals surface area contributed by atoms with Crippen molar-refractivity contribution in [1.82, 2.24) is 15.0 Å². The van der Waals surface area contributed by atoms with Gasteiger partial charge >= 0.3 is 0 Å². The van der Waals surface area contributed by atoms with E-state index in [4.69, 9.17) is 9.40 Å². The Kier molecular flexibility index (Phi) is 17.5. The molecule has 0 bridgehead atoms. The van der Waals surface area contributed by atoms with Crippen LogP contribution in [0.2, 0.25) is 19.6 Å². The summed E-state index contributed by atoms with van der Waals surface area (Å²) >= 11 is 0. The summed E-state index contributed by atoms with van der Waals surface area (Å²) in [6.45, 7) is 20.7. The van der Waals surface area contributed by atoms with Crippen molar-refractivity contribution < 1.29 is 28.9 Å². The Bertz CT molecular complexity index is 2980. The van der Waals surface area contributed by atoms with Gasteiger partial charge < -0.3 is 4.42 Å². The van der Waals surface area contributed by atoms with Gasteiger partial charge in [0.05, 0.1) is 25.2 Å². The zero-order valence-electron chi connectivity index (χ0n) is 40.5. The molecule has 0 unspecified atom stereocenters. The van der Waals surface area contributed by atoms with Gasteiger partial charge in [-0.25, -0.2) is 4.39 Å². The Morgan fingerprint density at radius 3 is 1.60 bits per heavy atom. The van der Waals surface area contributed by atoms with Crippen LogP contribution in [0, 0.1) is 23.6 Å². The number of nitrogens with zero attached hydrogens (tertiary/aromatic N) is 3. The zero-order chi connectivity index (χ0) is 46.8. The Morgan fingerprint density at radius 2 is 1.03 bits per heavy atom. The van der Waals surface area contributed by atoms with E-state index in [0.717, 1.165) is 75.0 Å². The number of fused-ring (bicyclic) bond motifs is 3. The summed E-state index contributed by atoms with van der Waals surface area (Å²) in [5.41, 5.74) is 14.3. The molecular weight excluding hydrogens is 1020 g/mol. The summed E-state index contributed by atoms with van der Waals surface area (Å²) < 4.78 is 19.6. The van der Waals surface area contributed by atoms with E-state index in [1.54, 1.807) is 12.1 Å². The monoisotopic (exact) mass is 1080 g/mol. The third-order valence-electron chi connectivity index (χ3n) is 11.5. The van der Waals surface area contributed by atoms with Crippen LogP contribution in [-0.4, -0.2) is 23.0 Å². The summed E-state index contributed by atoms with van der Waals surface area (Å²) in [5.74, 6) is 1.72. The van der Waals surface area contributed by atoms with Crippen LogP contribution in [0.15, 0.2) is 175 Å². The van der Waals surface area contributed by atoms with E-state index >= 15 is 0 Å². The predicted octanol–water partition coefficient (Wildman–Crippen LogP) is 16.1.